The molecule has 0 fully saturated rings. The summed E-state index contributed by atoms with van der Waals surface area (Å²) in [5.74, 6) is 0.460. The zero-order valence-corrected chi connectivity index (χ0v) is 11.0. The minimum Gasteiger partial charge on any atom is -0.300 e. The second-order valence-corrected chi connectivity index (χ2v) is 4.08. The third-order valence-corrected chi connectivity index (χ3v) is 2.21. The number of aromatic nitrogens is 2. The SMILES string of the molecule is CC(=O)Cc1ncc(C=O)cn1.Cc1ccccc1. The van der Waals surface area contributed by atoms with Crippen molar-refractivity contribution in [1.82, 2.24) is 9.97 Å². The Kier molecular flexibility index (Phi) is 6.09. The molecule has 0 aliphatic carbocycles. The summed E-state index contributed by atoms with van der Waals surface area (Å²) >= 11 is 0. The molecule has 4 nitrogen and oxygen atoms in total. The first-order chi connectivity index (χ1) is 9.11. The van der Waals surface area contributed by atoms with Gasteiger partial charge in [-0.15, -0.1) is 0 Å². The summed E-state index contributed by atoms with van der Waals surface area (Å²) in [4.78, 5) is 28.5. The lowest BCUT2D eigenvalue weighted by molar-refractivity contribution is -0.116. The summed E-state index contributed by atoms with van der Waals surface area (Å²) in [6.07, 6.45) is 3.69. The van der Waals surface area contributed by atoms with Crippen LogP contribution >= 0.6 is 0 Å². The maximum Gasteiger partial charge on any atom is 0.153 e. The van der Waals surface area contributed by atoms with Gasteiger partial charge in [0.15, 0.2) is 6.29 Å². The molecule has 0 saturated carbocycles. The third kappa shape index (κ3) is 6.21. The molecule has 0 radical (unpaired) electrons. The van der Waals surface area contributed by atoms with Crippen LogP contribution in [0.15, 0.2) is 42.7 Å². The summed E-state index contributed by atoms with van der Waals surface area (Å²) in [5, 5.41) is 0. The van der Waals surface area contributed by atoms with Crippen molar-refractivity contribution in [2.24, 2.45) is 0 Å². The van der Waals surface area contributed by atoms with Crippen LogP contribution in [0.25, 0.3) is 0 Å². The van der Waals surface area contributed by atoms with Crippen molar-refractivity contribution in [2.75, 3.05) is 0 Å². The molecule has 0 saturated heterocycles. The molecule has 19 heavy (non-hydrogen) atoms. The van der Waals surface area contributed by atoms with E-state index in [9.17, 15) is 9.59 Å². The molecular formula is C15H16N2O2. The van der Waals surface area contributed by atoms with Crippen LogP contribution < -0.4 is 0 Å². The monoisotopic (exact) mass is 256 g/mol. The number of nitrogens with zero attached hydrogens (tertiary/aromatic N) is 2. The van der Waals surface area contributed by atoms with Gasteiger partial charge in [-0.1, -0.05) is 35.9 Å². The lowest BCUT2D eigenvalue weighted by Gasteiger charge is -1.94. The Bertz CT molecular complexity index is 522. The molecule has 0 unspecified atom stereocenters. The summed E-state index contributed by atoms with van der Waals surface area (Å²) in [6, 6.07) is 10.3. The minimum absolute atomic E-state index is 0.00820. The fourth-order valence-corrected chi connectivity index (χ4v) is 1.27. The van der Waals surface area contributed by atoms with E-state index >= 15 is 0 Å². The predicted octanol–water partition coefficient (Wildman–Crippen LogP) is 2.42. The van der Waals surface area contributed by atoms with E-state index < -0.39 is 0 Å². The van der Waals surface area contributed by atoms with E-state index in [1.165, 1.54) is 24.9 Å². The average Bonchev–Trinajstić information content (AvgIpc) is 2.40. The van der Waals surface area contributed by atoms with Crippen molar-refractivity contribution < 1.29 is 9.59 Å². The third-order valence-electron chi connectivity index (χ3n) is 2.21. The second kappa shape index (κ2) is 7.87. The van der Waals surface area contributed by atoms with Gasteiger partial charge in [-0.2, -0.15) is 0 Å². The minimum atomic E-state index is 0.00820. The zero-order valence-electron chi connectivity index (χ0n) is 11.0. The highest BCUT2D eigenvalue weighted by atomic mass is 16.1. The van der Waals surface area contributed by atoms with Gasteiger partial charge in [-0.3, -0.25) is 9.59 Å². The van der Waals surface area contributed by atoms with E-state index in [0.29, 0.717) is 17.7 Å². The number of aryl methyl sites for hydroxylation is 1. The van der Waals surface area contributed by atoms with Gasteiger partial charge >= 0.3 is 0 Å². The molecular weight excluding hydrogens is 240 g/mol. The highest BCUT2D eigenvalue weighted by Gasteiger charge is 1.99. The number of Topliss-reactive ketones (excluding diaryl/α,β-unsaturated/α-hetero) is 1. The van der Waals surface area contributed by atoms with Crippen LogP contribution in [-0.2, 0) is 11.2 Å². The first kappa shape index (κ1) is 14.7. The summed E-state index contributed by atoms with van der Waals surface area (Å²) in [6.45, 7) is 3.55. The Labute approximate surface area is 112 Å². The summed E-state index contributed by atoms with van der Waals surface area (Å²) < 4.78 is 0. The number of hydrogen-bond donors (Lipinski definition) is 0. The van der Waals surface area contributed by atoms with E-state index in [-0.39, 0.29) is 12.2 Å². The highest BCUT2D eigenvalue weighted by molar-refractivity contribution is 5.77. The van der Waals surface area contributed by atoms with Crippen LogP contribution in [0.1, 0.15) is 28.7 Å². The van der Waals surface area contributed by atoms with Crippen molar-refractivity contribution >= 4 is 12.1 Å². The fraction of sp³-hybridized carbons (Fsp3) is 0.200. The van der Waals surface area contributed by atoms with Gasteiger partial charge in [0, 0.05) is 12.4 Å². The van der Waals surface area contributed by atoms with Crippen LogP contribution in [0.4, 0.5) is 0 Å². The van der Waals surface area contributed by atoms with E-state index in [4.69, 9.17) is 0 Å². The van der Waals surface area contributed by atoms with E-state index in [0.717, 1.165) is 0 Å². The van der Waals surface area contributed by atoms with Crippen molar-refractivity contribution in [3.05, 3.63) is 59.7 Å². The van der Waals surface area contributed by atoms with Gasteiger partial charge in [0.05, 0.1) is 12.0 Å². The number of rotatable bonds is 3. The molecule has 0 amide bonds. The Hall–Kier alpha value is -2.36. The number of carbonyl (C=O) groups is 2. The summed E-state index contributed by atoms with van der Waals surface area (Å²) in [7, 11) is 0. The average molecular weight is 256 g/mol. The molecule has 2 rings (SSSR count). The highest BCUT2D eigenvalue weighted by Crippen LogP contribution is 1.94. The quantitative estimate of drug-likeness (QED) is 0.791. The van der Waals surface area contributed by atoms with Crippen molar-refractivity contribution in [2.45, 2.75) is 20.3 Å². The molecule has 0 atom stereocenters. The lowest BCUT2D eigenvalue weighted by Crippen LogP contribution is -2.02. The number of ketones is 1. The van der Waals surface area contributed by atoms with E-state index in [1.807, 2.05) is 18.2 Å². The Morgan fingerprint density at radius 2 is 1.74 bits per heavy atom. The number of carbonyl (C=O) groups excluding carboxylic acids is 2. The number of benzene rings is 1. The standard InChI is InChI=1S/C8H8N2O2.C7H8/c1-6(12)2-8-9-3-7(5-11)4-10-8;1-7-5-3-2-4-6-7/h3-5H,2H2,1H3;2-6H,1H3. The maximum absolute atomic E-state index is 10.6. The molecule has 0 N–H and O–H groups in total. The smallest absolute Gasteiger partial charge is 0.153 e. The van der Waals surface area contributed by atoms with Crippen LogP contribution in [0.5, 0.6) is 0 Å². The first-order valence-corrected chi connectivity index (χ1v) is 5.89. The Morgan fingerprint density at radius 3 is 2.11 bits per heavy atom. The Morgan fingerprint density at radius 1 is 1.16 bits per heavy atom. The lowest BCUT2D eigenvalue weighted by atomic mass is 10.2. The summed E-state index contributed by atoms with van der Waals surface area (Å²) in [5.41, 5.74) is 1.74. The van der Waals surface area contributed by atoms with Crippen molar-refractivity contribution in [1.29, 1.82) is 0 Å². The van der Waals surface area contributed by atoms with Crippen LogP contribution in [0, 0.1) is 6.92 Å². The molecule has 0 bridgehead atoms. The van der Waals surface area contributed by atoms with Crippen molar-refractivity contribution in [3.63, 3.8) is 0 Å². The van der Waals surface area contributed by atoms with Crippen LogP contribution in [0.2, 0.25) is 0 Å². The van der Waals surface area contributed by atoms with Gasteiger partial charge in [-0.05, 0) is 13.8 Å². The molecule has 1 heterocycles. The molecule has 0 spiro atoms. The van der Waals surface area contributed by atoms with Gasteiger partial charge in [0.1, 0.15) is 11.6 Å². The Balaban J connectivity index is 0.000000218. The van der Waals surface area contributed by atoms with Gasteiger partial charge < -0.3 is 0 Å². The molecule has 98 valence electrons. The van der Waals surface area contributed by atoms with E-state index in [1.54, 1.807) is 0 Å². The van der Waals surface area contributed by atoms with Gasteiger partial charge in [-0.25, -0.2) is 9.97 Å². The van der Waals surface area contributed by atoms with E-state index in [2.05, 4.69) is 29.0 Å². The largest absolute Gasteiger partial charge is 0.300 e. The fourth-order valence-electron chi connectivity index (χ4n) is 1.27. The maximum atomic E-state index is 10.6. The first-order valence-electron chi connectivity index (χ1n) is 5.89. The van der Waals surface area contributed by atoms with Gasteiger partial charge in [0.25, 0.3) is 0 Å². The topological polar surface area (TPSA) is 59.9 Å². The molecule has 0 aliphatic rings. The second-order valence-electron chi connectivity index (χ2n) is 4.08. The van der Waals surface area contributed by atoms with Crippen molar-refractivity contribution in [3.8, 4) is 0 Å². The molecule has 2 aromatic rings. The number of hydrogen-bond acceptors (Lipinski definition) is 4. The predicted molar refractivity (Wildman–Crippen MR) is 73.0 cm³/mol. The normalized spacial score (nSPS) is 9.16. The number of aldehydes is 1. The van der Waals surface area contributed by atoms with Crippen LogP contribution in [0.3, 0.4) is 0 Å². The molecule has 0 aliphatic heterocycles. The molecule has 4 heteroatoms. The molecule has 1 aromatic carbocycles. The zero-order chi connectivity index (χ0) is 14.1. The van der Waals surface area contributed by atoms with Crippen LogP contribution in [-0.4, -0.2) is 22.0 Å². The molecule has 1 aromatic heterocycles. The van der Waals surface area contributed by atoms with Gasteiger partial charge in [0.2, 0.25) is 0 Å².